The number of ether oxygens (including phenoxy) is 1. The van der Waals surface area contributed by atoms with Gasteiger partial charge in [-0.05, 0) is 53.9 Å². The predicted octanol–water partition coefficient (Wildman–Crippen LogP) is 6.30. The number of halogens is 3. The Morgan fingerprint density at radius 3 is 2.19 bits per heavy atom. The van der Waals surface area contributed by atoms with Crippen molar-refractivity contribution in [2.75, 3.05) is 6.61 Å². The molecule has 1 fully saturated rings. The standard InChI is InChI=1S/C29H35F3N2O3/c1-26(2,3)21-13-16-24-23(17-21)28(36,29(30,31)32)34(33-24)25(35)18-37-22-14-11-20(12-15-22)27(4,5)19-9-7-6-8-10-19/h6-12,14-15,21,23,36H,13,16-18H2,1-5H3/t21-,23+,28-/m0/s1. The van der Waals surface area contributed by atoms with Gasteiger partial charge in [-0.25, -0.2) is 0 Å². The van der Waals surface area contributed by atoms with E-state index in [4.69, 9.17) is 4.74 Å². The van der Waals surface area contributed by atoms with E-state index >= 15 is 0 Å². The van der Waals surface area contributed by atoms with Crippen LogP contribution in [0.2, 0.25) is 0 Å². The fourth-order valence-corrected chi connectivity index (χ4v) is 5.45. The lowest BCUT2D eigenvalue weighted by atomic mass is 9.66. The first-order valence-electron chi connectivity index (χ1n) is 12.6. The first kappa shape index (κ1) is 27.2. The molecule has 1 amide bonds. The number of benzene rings is 2. The maximum Gasteiger partial charge on any atom is 0.439 e. The van der Waals surface area contributed by atoms with E-state index < -0.39 is 30.3 Å². The Morgan fingerprint density at radius 1 is 1.03 bits per heavy atom. The van der Waals surface area contributed by atoms with Gasteiger partial charge in [0, 0.05) is 11.1 Å². The zero-order chi connectivity index (χ0) is 27.2. The molecule has 0 radical (unpaired) electrons. The van der Waals surface area contributed by atoms with Crippen LogP contribution in [-0.2, 0) is 10.2 Å². The molecule has 8 heteroatoms. The Bertz CT molecular complexity index is 1150. The molecule has 1 aliphatic carbocycles. The smallest absolute Gasteiger partial charge is 0.439 e. The highest BCUT2D eigenvalue weighted by Crippen LogP contribution is 2.51. The monoisotopic (exact) mass is 516 g/mol. The molecule has 0 bridgehead atoms. The number of rotatable bonds is 5. The molecule has 0 unspecified atom stereocenters. The third-order valence-corrected chi connectivity index (χ3v) is 8.02. The van der Waals surface area contributed by atoms with Gasteiger partial charge in [0.15, 0.2) is 6.61 Å². The summed E-state index contributed by atoms with van der Waals surface area (Å²) in [5, 5.41) is 15.2. The summed E-state index contributed by atoms with van der Waals surface area (Å²) in [6.07, 6.45) is -3.98. The maximum absolute atomic E-state index is 14.3. The first-order valence-corrected chi connectivity index (χ1v) is 12.6. The van der Waals surface area contributed by atoms with E-state index in [-0.39, 0.29) is 33.9 Å². The molecule has 1 saturated carbocycles. The quantitative estimate of drug-likeness (QED) is 0.507. The number of carbonyl (C=O) groups excluding carboxylic acids is 1. The molecule has 5 nitrogen and oxygen atoms in total. The van der Waals surface area contributed by atoms with Gasteiger partial charge in [0.1, 0.15) is 5.75 Å². The predicted molar refractivity (Wildman–Crippen MR) is 136 cm³/mol. The largest absolute Gasteiger partial charge is 0.484 e. The van der Waals surface area contributed by atoms with Crippen LogP contribution in [0.4, 0.5) is 13.2 Å². The van der Waals surface area contributed by atoms with Crippen LogP contribution in [0, 0.1) is 17.3 Å². The van der Waals surface area contributed by atoms with Crippen molar-refractivity contribution in [1.82, 2.24) is 5.01 Å². The molecule has 2 aliphatic rings. The van der Waals surface area contributed by atoms with Crippen molar-refractivity contribution in [3.05, 3.63) is 65.7 Å². The van der Waals surface area contributed by atoms with Crippen molar-refractivity contribution >= 4 is 11.6 Å². The number of fused-ring (bicyclic) bond motifs is 1. The van der Waals surface area contributed by atoms with Crippen molar-refractivity contribution in [3.8, 4) is 5.75 Å². The lowest BCUT2D eigenvalue weighted by Crippen LogP contribution is -2.62. The Hall–Kier alpha value is -2.87. The van der Waals surface area contributed by atoms with E-state index in [0.29, 0.717) is 18.6 Å². The van der Waals surface area contributed by atoms with Gasteiger partial charge in [-0.3, -0.25) is 4.79 Å². The highest BCUT2D eigenvalue weighted by atomic mass is 19.4. The minimum Gasteiger partial charge on any atom is -0.484 e. The molecule has 1 heterocycles. The summed E-state index contributed by atoms with van der Waals surface area (Å²) in [7, 11) is 0. The zero-order valence-corrected chi connectivity index (χ0v) is 22.0. The highest BCUT2D eigenvalue weighted by Gasteiger charge is 2.69. The van der Waals surface area contributed by atoms with Crippen LogP contribution < -0.4 is 4.74 Å². The van der Waals surface area contributed by atoms with Gasteiger partial charge in [-0.2, -0.15) is 23.3 Å². The van der Waals surface area contributed by atoms with Crippen LogP contribution in [0.3, 0.4) is 0 Å². The van der Waals surface area contributed by atoms with Gasteiger partial charge in [0.2, 0.25) is 0 Å². The van der Waals surface area contributed by atoms with E-state index in [1.54, 1.807) is 12.1 Å². The molecule has 4 rings (SSSR count). The highest BCUT2D eigenvalue weighted by molar-refractivity contribution is 5.93. The molecule has 3 atom stereocenters. The van der Waals surface area contributed by atoms with Gasteiger partial charge in [-0.1, -0.05) is 77.1 Å². The summed E-state index contributed by atoms with van der Waals surface area (Å²) in [6, 6.07) is 17.1. The molecular formula is C29H35F3N2O3. The van der Waals surface area contributed by atoms with E-state index in [9.17, 15) is 23.1 Å². The van der Waals surface area contributed by atoms with Crippen molar-refractivity contribution in [2.24, 2.45) is 22.4 Å². The normalized spacial score (nSPS) is 24.5. The average molecular weight is 517 g/mol. The third kappa shape index (κ3) is 5.00. The molecule has 1 aliphatic heterocycles. The number of amides is 1. The average Bonchev–Trinajstić information content (AvgIpc) is 3.16. The molecule has 0 aromatic heterocycles. The number of aliphatic hydroxyl groups is 1. The summed E-state index contributed by atoms with van der Waals surface area (Å²) < 4.78 is 48.3. The molecule has 0 spiro atoms. The van der Waals surface area contributed by atoms with E-state index in [1.165, 1.54) is 0 Å². The maximum atomic E-state index is 14.3. The van der Waals surface area contributed by atoms with Crippen LogP contribution in [0.5, 0.6) is 5.75 Å². The summed E-state index contributed by atoms with van der Waals surface area (Å²) in [5.41, 5.74) is -1.50. The van der Waals surface area contributed by atoms with E-state index in [2.05, 4.69) is 18.9 Å². The molecular weight excluding hydrogens is 481 g/mol. The Morgan fingerprint density at radius 2 is 1.62 bits per heavy atom. The number of hydrogen-bond acceptors (Lipinski definition) is 4. The SMILES string of the molecule is CC(C)(c1ccccc1)c1ccc(OCC(=O)N2N=C3CC[C@H](C(C)(C)C)C[C@H]3[C@]2(O)C(F)(F)F)cc1. The fraction of sp³-hybridized carbons (Fsp3) is 0.517. The second-order valence-corrected chi connectivity index (χ2v) is 11.7. The lowest BCUT2D eigenvalue weighted by molar-refractivity contribution is -0.318. The van der Waals surface area contributed by atoms with Crippen LogP contribution in [0.25, 0.3) is 0 Å². The number of carbonyl (C=O) groups is 1. The Labute approximate surface area is 216 Å². The van der Waals surface area contributed by atoms with Gasteiger partial charge in [0.25, 0.3) is 11.6 Å². The third-order valence-electron chi connectivity index (χ3n) is 8.02. The number of alkyl halides is 3. The number of hydrazone groups is 1. The fourth-order valence-electron chi connectivity index (χ4n) is 5.45. The van der Waals surface area contributed by atoms with Gasteiger partial charge in [0.05, 0.1) is 5.92 Å². The second kappa shape index (κ2) is 9.46. The van der Waals surface area contributed by atoms with Crippen molar-refractivity contribution in [3.63, 3.8) is 0 Å². The topological polar surface area (TPSA) is 62.1 Å². The molecule has 2 aromatic rings. The minimum absolute atomic E-state index is 0.0321. The number of hydrogen-bond donors (Lipinski definition) is 1. The van der Waals surface area contributed by atoms with E-state index in [0.717, 1.165) is 11.1 Å². The van der Waals surface area contributed by atoms with Gasteiger partial charge in [-0.15, -0.1) is 0 Å². The summed E-state index contributed by atoms with van der Waals surface area (Å²) in [5.74, 6) is -2.01. The lowest BCUT2D eigenvalue weighted by Gasteiger charge is -2.42. The van der Waals surface area contributed by atoms with Crippen molar-refractivity contribution < 1.29 is 27.8 Å². The molecule has 37 heavy (non-hydrogen) atoms. The van der Waals surface area contributed by atoms with Crippen molar-refractivity contribution in [1.29, 1.82) is 0 Å². The Balaban J connectivity index is 1.49. The van der Waals surface area contributed by atoms with Crippen LogP contribution in [-0.4, -0.2) is 40.2 Å². The van der Waals surface area contributed by atoms with Crippen LogP contribution in [0.1, 0.15) is 65.0 Å². The van der Waals surface area contributed by atoms with Crippen LogP contribution >= 0.6 is 0 Å². The first-order chi connectivity index (χ1) is 17.2. The van der Waals surface area contributed by atoms with E-state index in [1.807, 2.05) is 63.2 Å². The van der Waals surface area contributed by atoms with Crippen LogP contribution in [0.15, 0.2) is 59.7 Å². The summed E-state index contributed by atoms with van der Waals surface area (Å²) in [4.78, 5) is 12.9. The number of nitrogens with zero attached hydrogens (tertiary/aromatic N) is 2. The zero-order valence-electron chi connectivity index (χ0n) is 22.0. The molecule has 1 N–H and O–H groups in total. The summed E-state index contributed by atoms with van der Waals surface area (Å²) >= 11 is 0. The minimum atomic E-state index is -5.07. The molecule has 2 aromatic carbocycles. The molecule has 0 saturated heterocycles. The van der Waals surface area contributed by atoms with Gasteiger partial charge < -0.3 is 9.84 Å². The van der Waals surface area contributed by atoms with Gasteiger partial charge >= 0.3 is 6.18 Å². The van der Waals surface area contributed by atoms with Crippen molar-refractivity contribution in [2.45, 2.75) is 71.2 Å². The molecule has 200 valence electrons. The summed E-state index contributed by atoms with van der Waals surface area (Å²) in [6.45, 7) is 9.44. The Kier molecular flexibility index (Phi) is 6.95. The second-order valence-electron chi connectivity index (χ2n) is 11.7.